The summed E-state index contributed by atoms with van der Waals surface area (Å²) in [5.41, 5.74) is 0.898. The zero-order chi connectivity index (χ0) is 26.3. The van der Waals surface area contributed by atoms with Gasteiger partial charge in [0.1, 0.15) is 5.75 Å². The quantitative estimate of drug-likeness (QED) is 0.246. The van der Waals surface area contributed by atoms with Crippen LogP contribution in [0, 0.1) is 10.1 Å². The Hall–Kier alpha value is -4.57. The first-order valence-electron chi connectivity index (χ1n) is 11.4. The van der Waals surface area contributed by atoms with Crippen LogP contribution in [0.4, 0.5) is 5.69 Å². The lowest BCUT2D eigenvalue weighted by atomic mass is 9.91. The highest BCUT2D eigenvalue weighted by atomic mass is 32.1. The standard InChI is InChI=1S/C27H21N3O6S/c1-3-36-26(33)23-15(2)28-27-29(24(23)20-10-6-8-16-7-4-5-9-19(16)20)25(32)22(37-27)14-17-13-18(30(34)35)11-12-21(17)31/h4-14,24,31H,3H2,1-2H3/b22-14-/t24-/m1/s1. The Bertz CT molecular complexity index is 1800. The molecule has 0 unspecified atom stereocenters. The molecule has 0 radical (unpaired) electrons. The van der Waals surface area contributed by atoms with Crippen molar-refractivity contribution in [3.8, 4) is 5.75 Å². The minimum absolute atomic E-state index is 0.127. The molecule has 5 rings (SSSR count). The van der Waals surface area contributed by atoms with Crippen LogP contribution in [0.15, 0.2) is 81.7 Å². The fraction of sp³-hybridized carbons (Fsp3) is 0.148. The van der Waals surface area contributed by atoms with Gasteiger partial charge in [0.05, 0.1) is 33.4 Å². The SMILES string of the molecule is CCOC(=O)C1=C(C)N=c2s/c(=C\c3cc([N+](=O)[O-])ccc3O)c(=O)n2[C@@H]1c1cccc2ccccc12. The summed E-state index contributed by atoms with van der Waals surface area (Å²) >= 11 is 1.08. The Morgan fingerprint density at radius 1 is 1.22 bits per heavy atom. The zero-order valence-corrected chi connectivity index (χ0v) is 20.7. The van der Waals surface area contributed by atoms with E-state index in [1.54, 1.807) is 13.8 Å². The molecule has 3 aromatic carbocycles. The lowest BCUT2D eigenvalue weighted by Gasteiger charge is -2.25. The molecule has 186 valence electrons. The summed E-state index contributed by atoms with van der Waals surface area (Å²) in [7, 11) is 0. The smallest absolute Gasteiger partial charge is 0.338 e. The van der Waals surface area contributed by atoms with Crippen LogP contribution in [0.2, 0.25) is 0 Å². The Balaban J connectivity index is 1.80. The Kier molecular flexibility index (Phi) is 6.18. The molecule has 0 aliphatic carbocycles. The maximum absolute atomic E-state index is 13.8. The van der Waals surface area contributed by atoms with Crippen LogP contribution in [0.3, 0.4) is 0 Å². The number of aromatic nitrogens is 1. The third kappa shape index (κ3) is 4.21. The van der Waals surface area contributed by atoms with Gasteiger partial charge in [-0.15, -0.1) is 0 Å². The maximum atomic E-state index is 13.8. The second-order valence-corrected chi connectivity index (χ2v) is 9.38. The van der Waals surface area contributed by atoms with Gasteiger partial charge in [-0.25, -0.2) is 9.79 Å². The molecule has 1 aromatic heterocycles. The van der Waals surface area contributed by atoms with Crippen molar-refractivity contribution < 1.29 is 19.6 Å². The largest absolute Gasteiger partial charge is 0.507 e. The number of carbonyl (C=O) groups is 1. The lowest BCUT2D eigenvalue weighted by molar-refractivity contribution is -0.384. The van der Waals surface area contributed by atoms with E-state index in [-0.39, 0.29) is 33.7 Å². The van der Waals surface area contributed by atoms with Gasteiger partial charge in [0, 0.05) is 17.7 Å². The molecule has 0 saturated heterocycles. The molecule has 10 heteroatoms. The van der Waals surface area contributed by atoms with Crippen LogP contribution in [0.1, 0.15) is 31.0 Å². The molecule has 0 bridgehead atoms. The fourth-order valence-electron chi connectivity index (χ4n) is 4.49. The highest BCUT2D eigenvalue weighted by Gasteiger charge is 2.34. The number of hydrogen-bond donors (Lipinski definition) is 1. The van der Waals surface area contributed by atoms with Crippen molar-refractivity contribution in [1.82, 2.24) is 4.57 Å². The summed E-state index contributed by atoms with van der Waals surface area (Å²) in [5.74, 6) is -0.766. The number of nitro benzene ring substituents is 1. The van der Waals surface area contributed by atoms with E-state index in [1.165, 1.54) is 28.8 Å². The predicted octanol–water partition coefficient (Wildman–Crippen LogP) is 3.57. The van der Waals surface area contributed by atoms with Crippen LogP contribution in [0.5, 0.6) is 5.75 Å². The second-order valence-electron chi connectivity index (χ2n) is 8.37. The van der Waals surface area contributed by atoms with Crippen molar-refractivity contribution in [3.05, 3.63) is 113 Å². The van der Waals surface area contributed by atoms with E-state index in [2.05, 4.69) is 4.99 Å². The number of thiazole rings is 1. The summed E-state index contributed by atoms with van der Waals surface area (Å²) in [5, 5.41) is 23.3. The number of carbonyl (C=O) groups excluding carboxylic acids is 1. The van der Waals surface area contributed by atoms with Crippen molar-refractivity contribution in [2.45, 2.75) is 19.9 Å². The van der Waals surface area contributed by atoms with E-state index in [0.717, 1.165) is 27.7 Å². The van der Waals surface area contributed by atoms with Gasteiger partial charge in [0.25, 0.3) is 11.2 Å². The number of phenols is 1. The first-order chi connectivity index (χ1) is 17.8. The Morgan fingerprint density at radius 3 is 2.73 bits per heavy atom. The zero-order valence-electron chi connectivity index (χ0n) is 19.9. The first-order valence-corrected chi connectivity index (χ1v) is 12.3. The summed E-state index contributed by atoms with van der Waals surface area (Å²) in [6.45, 7) is 3.57. The van der Waals surface area contributed by atoms with Gasteiger partial charge in [-0.2, -0.15) is 0 Å². The number of aromatic hydroxyl groups is 1. The van der Waals surface area contributed by atoms with Crippen molar-refractivity contribution >= 4 is 39.8 Å². The number of hydrogen-bond acceptors (Lipinski definition) is 8. The maximum Gasteiger partial charge on any atom is 0.338 e. The van der Waals surface area contributed by atoms with Crippen molar-refractivity contribution in [1.29, 1.82) is 0 Å². The molecule has 1 N–H and O–H groups in total. The third-order valence-corrected chi connectivity index (χ3v) is 7.13. The number of nitrogens with zero attached hydrogens (tertiary/aromatic N) is 3. The van der Waals surface area contributed by atoms with Gasteiger partial charge in [-0.05, 0) is 42.3 Å². The number of esters is 1. The van der Waals surface area contributed by atoms with E-state index in [4.69, 9.17) is 4.74 Å². The number of fused-ring (bicyclic) bond motifs is 2. The molecule has 1 aliphatic rings. The molecule has 1 atom stereocenters. The van der Waals surface area contributed by atoms with Gasteiger partial charge in [-0.3, -0.25) is 19.5 Å². The molecule has 1 aliphatic heterocycles. The van der Waals surface area contributed by atoms with E-state index < -0.39 is 22.5 Å². The van der Waals surface area contributed by atoms with Gasteiger partial charge >= 0.3 is 5.97 Å². The highest BCUT2D eigenvalue weighted by molar-refractivity contribution is 7.07. The lowest BCUT2D eigenvalue weighted by Crippen LogP contribution is -2.40. The Labute approximate surface area is 214 Å². The van der Waals surface area contributed by atoms with Gasteiger partial charge in [0.15, 0.2) is 4.80 Å². The molecular weight excluding hydrogens is 494 g/mol. The molecule has 2 heterocycles. The van der Waals surface area contributed by atoms with Gasteiger partial charge < -0.3 is 9.84 Å². The minimum atomic E-state index is -0.803. The van der Waals surface area contributed by atoms with E-state index in [0.29, 0.717) is 10.5 Å². The topological polar surface area (TPSA) is 124 Å². The fourth-order valence-corrected chi connectivity index (χ4v) is 5.52. The summed E-state index contributed by atoms with van der Waals surface area (Å²) in [6.07, 6.45) is 1.40. The number of rotatable bonds is 5. The van der Waals surface area contributed by atoms with Crippen molar-refractivity contribution in [2.75, 3.05) is 6.61 Å². The average molecular weight is 516 g/mol. The van der Waals surface area contributed by atoms with Crippen LogP contribution >= 0.6 is 11.3 Å². The van der Waals surface area contributed by atoms with Crippen molar-refractivity contribution in [3.63, 3.8) is 0 Å². The summed E-state index contributed by atoms with van der Waals surface area (Å²) in [4.78, 5) is 42.5. The van der Waals surface area contributed by atoms with Gasteiger partial charge in [0.2, 0.25) is 0 Å². The van der Waals surface area contributed by atoms with Crippen LogP contribution in [-0.4, -0.2) is 27.2 Å². The van der Waals surface area contributed by atoms with Crippen LogP contribution in [-0.2, 0) is 9.53 Å². The highest BCUT2D eigenvalue weighted by Crippen LogP contribution is 2.35. The molecule has 37 heavy (non-hydrogen) atoms. The average Bonchev–Trinajstić information content (AvgIpc) is 3.18. The molecule has 0 amide bonds. The molecule has 0 spiro atoms. The number of nitro groups is 1. The van der Waals surface area contributed by atoms with Gasteiger partial charge in [-0.1, -0.05) is 53.8 Å². The summed E-state index contributed by atoms with van der Waals surface area (Å²) in [6, 6.07) is 16.2. The molecule has 0 saturated carbocycles. The van der Waals surface area contributed by atoms with Crippen molar-refractivity contribution in [2.24, 2.45) is 4.99 Å². The third-order valence-electron chi connectivity index (χ3n) is 6.14. The van der Waals surface area contributed by atoms with Crippen LogP contribution in [0.25, 0.3) is 16.8 Å². The second kappa shape index (κ2) is 9.47. The predicted molar refractivity (Wildman–Crippen MR) is 139 cm³/mol. The summed E-state index contributed by atoms with van der Waals surface area (Å²) < 4.78 is 7.01. The molecule has 4 aromatic rings. The van der Waals surface area contributed by atoms with Crippen LogP contribution < -0.4 is 14.9 Å². The van der Waals surface area contributed by atoms with E-state index in [1.807, 2.05) is 42.5 Å². The normalized spacial score (nSPS) is 15.4. The molecule has 9 nitrogen and oxygen atoms in total. The minimum Gasteiger partial charge on any atom is -0.507 e. The monoisotopic (exact) mass is 515 g/mol. The molecular formula is C27H21N3O6S. The Morgan fingerprint density at radius 2 is 1.97 bits per heavy atom. The number of ether oxygens (including phenoxy) is 1. The number of benzene rings is 3. The van der Waals surface area contributed by atoms with E-state index in [9.17, 15) is 24.8 Å². The molecule has 0 fully saturated rings. The van der Waals surface area contributed by atoms with E-state index >= 15 is 0 Å². The number of non-ortho nitro benzene ring substituents is 1. The number of phenolic OH excluding ortho intramolecular Hbond substituents is 1. The first kappa shape index (κ1) is 24.1. The number of allylic oxidation sites excluding steroid dienone is 1.